The SMILES string of the molecule is CCc1noc(CN(C)C(=O)c2ccc(Br)cc2OC(C)C)n1. The number of hydrogen-bond acceptors (Lipinski definition) is 5. The van der Waals surface area contributed by atoms with Crippen molar-refractivity contribution < 1.29 is 14.1 Å². The molecule has 7 heteroatoms. The Balaban J connectivity index is 2.18. The van der Waals surface area contributed by atoms with Crippen molar-refractivity contribution in [3.05, 3.63) is 40.0 Å². The second-order valence-corrected chi connectivity index (χ2v) is 6.34. The van der Waals surface area contributed by atoms with Crippen molar-refractivity contribution in [3.8, 4) is 5.75 Å². The molecule has 23 heavy (non-hydrogen) atoms. The average molecular weight is 382 g/mol. The van der Waals surface area contributed by atoms with Gasteiger partial charge in [-0.25, -0.2) is 0 Å². The van der Waals surface area contributed by atoms with Crippen molar-refractivity contribution in [1.82, 2.24) is 15.0 Å². The van der Waals surface area contributed by atoms with E-state index >= 15 is 0 Å². The summed E-state index contributed by atoms with van der Waals surface area (Å²) in [6, 6.07) is 5.35. The summed E-state index contributed by atoms with van der Waals surface area (Å²) in [5.74, 6) is 1.44. The van der Waals surface area contributed by atoms with Crippen LogP contribution in [-0.4, -0.2) is 34.1 Å². The first-order chi connectivity index (χ1) is 10.9. The van der Waals surface area contributed by atoms with Crippen LogP contribution in [0.4, 0.5) is 0 Å². The molecular weight excluding hydrogens is 362 g/mol. The van der Waals surface area contributed by atoms with Crippen LogP contribution in [0.5, 0.6) is 5.75 Å². The number of carbonyl (C=O) groups is 1. The molecular formula is C16H20BrN3O3. The van der Waals surface area contributed by atoms with Gasteiger partial charge in [0.2, 0.25) is 5.89 Å². The Morgan fingerprint density at radius 1 is 1.43 bits per heavy atom. The van der Waals surface area contributed by atoms with E-state index in [9.17, 15) is 4.79 Å². The highest BCUT2D eigenvalue weighted by Gasteiger charge is 2.20. The number of benzene rings is 1. The smallest absolute Gasteiger partial charge is 0.257 e. The molecule has 0 unspecified atom stereocenters. The van der Waals surface area contributed by atoms with Crippen LogP contribution in [0.3, 0.4) is 0 Å². The molecule has 2 rings (SSSR count). The molecule has 0 atom stereocenters. The summed E-state index contributed by atoms with van der Waals surface area (Å²) >= 11 is 3.40. The highest BCUT2D eigenvalue weighted by Crippen LogP contribution is 2.26. The number of hydrogen-bond donors (Lipinski definition) is 0. The average Bonchev–Trinajstić information content (AvgIpc) is 2.93. The first-order valence-corrected chi connectivity index (χ1v) is 8.23. The van der Waals surface area contributed by atoms with Crippen LogP contribution >= 0.6 is 15.9 Å². The van der Waals surface area contributed by atoms with Crippen LogP contribution in [0, 0.1) is 0 Å². The molecule has 0 aliphatic carbocycles. The monoisotopic (exact) mass is 381 g/mol. The van der Waals surface area contributed by atoms with Crippen LogP contribution in [0.2, 0.25) is 0 Å². The molecule has 1 heterocycles. The zero-order chi connectivity index (χ0) is 17.0. The van der Waals surface area contributed by atoms with Crippen molar-refractivity contribution in [2.45, 2.75) is 39.8 Å². The van der Waals surface area contributed by atoms with E-state index in [0.29, 0.717) is 29.4 Å². The summed E-state index contributed by atoms with van der Waals surface area (Å²) in [4.78, 5) is 18.4. The molecule has 1 amide bonds. The molecule has 0 fully saturated rings. The fraction of sp³-hybridized carbons (Fsp3) is 0.438. The number of aromatic nitrogens is 2. The third-order valence-corrected chi connectivity index (χ3v) is 3.58. The lowest BCUT2D eigenvalue weighted by Crippen LogP contribution is -2.27. The topological polar surface area (TPSA) is 68.5 Å². The normalized spacial score (nSPS) is 10.9. The number of nitrogens with zero attached hydrogens (tertiary/aromatic N) is 3. The molecule has 0 aliphatic heterocycles. The van der Waals surface area contributed by atoms with Gasteiger partial charge in [-0.1, -0.05) is 28.0 Å². The van der Waals surface area contributed by atoms with E-state index in [4.69, 9.17) is 9.26 Å². The Labute approximate surface area is 143 Å². The number of amides is 1. The third-order valence-electron chi connectivity index (χ3n) is 3.08. The van der Waals surface area contributed by atoms with Gasteiger partial charge in [-0.3, -0.25) is 4.79 Å². The van der Waals surface area contributed by atoms with Crippen molar-refractivity contribution >= 4 is 21.8 Å². The summed E-state index contributed by atoms with van der Waals surface area (Å²) in [6.45, 7) is 6.04. The van der Waals surface area contributed by atoms with Crippen molar-refractivity contribution in [3.63, 3.8) is 0 Å². The van der Waals surface area contributed by atoms with Crippen molar-refractivity contribution in [2.75, 3.05) is 7.05 Å². The fourth-order valence-electron chi connectivity index (χ4n) is 2.00. The minimum absolute atomic E-state index is 0.0239. The predicted molar refractivity (Wildman–Crippen MR) is 89.4 cm³/mol. The van der Waals surface area contributed by atoms with Gasteiger partial charge in [0.1, 0.15) is 5.75 Å². The number of carbonyl (C=O) groups excluding carboxylic acids is 1. The lowest BCUT2D eigenvalue weighted by Gasteiger charge is -2.19. The van der Waals surface area contributed by atoms with E-state index in [0.717, 1.165) is 4.47 Å². The van der Waals surface area contributed by atoms with Crippen LogP contribution in [0.25, 0.3) is 0 Å². The molecule has 0 N–H and O–H groups in total. The molecule has 0 spiro atoms. The zero-order valence-electron chi connectivity index (χ0n) is 13.7. The quantitative estimate of drug-likeness (QED) is 0.766. The van der Waals surface area contributed by atoms with Crippen LogP contribution < -0.4 is 4.74 Å². The molecule has 6 nitrogen and oxygen atoms in total. The van der Waals surface area contributed by atoms with Crippen LogP contribution in [0.15, 0.2) is 27.2 Å². The van der Waals surface area contributed by atoms with Gasteiger partial charge in [0.05, 0.1) is 18.2 Å². The molecule has 0 saturated carbocycles. The fourth-order valence-corrected chi connectivity index (χ4v) is 2.34. The van der Waals surface area contributed by atoms with Crippen LogP contribution in [-0.2, 0) is 13.0 Å². The minimum Gasteiger partial charge on any atom is -0.490 e. The number of ether oxygens (including phenoxy) is 1. The van der Waals surface area contributed by atoms with E-state index in [1.807, 2.05) is 26.8 Å². The third kappa shape index (κ3) is 4.54. The number of rotatable bonds is 6. The Hall–Kier alpha value is -1.89. The second-order valence-electron chi connectivity index (χ2n) is 5.43. The molecule has 2 aromatic rings. The Morgan fingerprint density at radius 2 is 2.17 bits per heavy atom. The maximum Gasteiger partial charge on any atom is 0.257 e. The molecule has 0 radical (unpaired) electrons. The molecule has 1 aromatic carbocycles. The molecule has 1 aromatic heterocycles. The van der Waals surface area contributed by atoms with Gasteiger partial charge in [-0.2, -0.15) is 4.98 Å². The predicted octanol–water partition coefficient (Wildman–Crippen LogP) is 3.45. The summed E-state index contributed by atoms with van der Waals surface area (Å²) in [6.07, 6.45) is 0.671. The molecule has 0 aliphatic rings. The van der Waals surface area contributed by atoms with Gasteiger partial charge < -0.3 is 14.2 Å². The largest absolute Gasteiger partial charge is 0.490 e. The zero-order valence-corrected chi connectivity index (χ0v) is 15.3. The summed E-state index contributed by atoms with van der Waals surface area (Å²) in [5.41, 5.74) is 0.500. The van der Waals surface area contributed by atoms with Gasteiger partial charge in [-0.05, 0) is 32.0 Å². The first kappa shape index (κ1) is 17.5. The lowest BCUT2D eigenvalue weighted by molar-refractivity contribution is 0.0763. The first-order valence-electron chi connectivity index (χ1n) is 7.43. The van der Waals surface area contributed by atoms with E-state index in [1.54, 1.807) is 19.2 Å². The lowest BCUT2D eigenvalue weighted by atomic mass is 10.1. The van der Waals surface area contributed by atoms with Crippen LogP contribution in [0.1, 0.15) is 42.8 Å². The molecule has 124 valence electrons. The van der Waals surface area contributed by atoms with Gasteiger partial charge in [0.25, 0.3) is 5.91 Å². The van der Waals surface area contributed by atoms with Gasteiger partial charge in [-0.15, -0.1) is 0 Å². The minimum atomic E-state index is -0.163. The van der Waals surface area contributed by atoms with E-state index in [-0.39, 0.29) is 18.6 Å². The molecule has 0 saturated heterocycles. The van der Waals surface area contributed by atoms with Crippen molar-refractivity contribution in [1.29, 1.82) is 0 Å². The van der Waals surface area contributed by atoms with Gasteiger partial charge in [0, 0.05) is 17.9 Å². The van der Waals surface area contributed by atoms with Crippen molar-refractivity contribution in [2.24, 2.45) is 0 Å². The van der Waals surface area contributed by atoms with E-state index in [2.05, 4.69) is 26.1 Å². The highest BCUT2D eigenvalue weighted by atomic mass is 79.9. The Bertz CT molecular complexity index is 685. The highest BCUT2D eigenvalue weighted by molar-refractivity contribution is 9.10. The summed E-state index contributed by atoms with van der Waals surface area (Å²) < 4.78 is 11.7. The molecule has 0 bridgehead atoms. The number of halogens is 1. The second kappa shape index (κ2) is 7.59. The standard InChI is InChI=1S/C16H20BrN3O3/c1-5-14-18-15(23-19-14)9-20(4)16(21)12-7-6-11(17)8-13(12)22-10(2)3/h6-8,10H,5,9H2,1-4H3. The Morgan fingerprint density at radius 3 is 2.78 bits per heavy atom. The number of aryl methyl sites for hydroxylation is 1. The maximum atomic E-state index is 12.7. The van der Waals surface area contributed by atoms with E-state index < -0.39 is 0 Å². The summed E-state index contributed by atoms with van der Waals surface area (Å²) in [7, 11) is 1.69. The van der Waals surface area contributed by atoms with E-state index in [1.165, 1.54) is 4.90 Å². The maximum absolute atomic E-state index is 12.7. The Kier molecular flexibility index (Phi) is 5.76. The van der Waals surface area contributed by atoms with Gasteiger partial charge >= 0.3 is 0 Å². The summed E-state index contributed by atoms with van der Waals surface area (Å²) in [5, 5.41) is 3.83. The van der Waals surface area contributed by atoms with Gasteiger partial charge in [0.15, 0.2) is 5.82 Å².